The van der Waals surface area contributed by atoms with Crippen LogP contribution >= 0.6 is 23.1 Å². The number of hydrogen-bond donors (Lipinski definition) is 1. The molecule has 1 aliphatic heterocycles. The Balaban J connectivity index is 2.05. The Morgan fingerprint density at radius 2 is 2.26 bits per heavy atom. The third kappa shape index (κ3) is 5.27. The molecule has 4 nitrogen and oxygen atoms in total. The second-order valence-corrected chi connectivity index (χ2v) is 7.49. The average Bonchev–Trinajstić information content (AvgIpc) is 3.00. The Morgan fingerprint density at radius 1 is 1.48 bits per heavy atom. The Bertz CT molecular complexity index is 530. The Morgan fingerprint density at radius 3 is 2.87 bits per heavy atom. The SMILES string of the molecule is CCNC(=NCc1nc(C(F)(F)F)cs1)N1CCSC(CC)C1. The lowest BCUT2D eigenvalue weighted by Crippen LogP contribution is -2.48. The predicted octanol–water partition coefficient (Wildman–Crippen LogP) is 3.45. The van der Waals surface area contributed by atoms with Crippen molar-refractivity contribution in [2.75, 3.05) is 25.4 Å². The number of hydrogen-bond acceptors (Lipinski definition) is 4. The zero-order valence-electron chi connectivity index (χ0n) is 13.2. The molecule has 0 saturated carbocycles. The summed E-state index contributed by atoms with van der Waals surface area (Å²) in [4.78, 5) is 10.3. The fourth-order valence-corrected chi connectivity index (χ4v) is 4.15. The minimum absolute atomic E-state index is 0.170. The van der Waals surface area contributed by atoms with Gasteiger partial charge in [0.2, 0.25) is 0 Å². The smallest absolute Gasteiger partial charge is 0.357 e. The minimum Gasteiger partial charge on any atom is -0.357 e. The van der Waals surface area contributed by atoms with Crippen molar-refractivity contribution in [3.05, 3.63) is 16.1 Å². The number of thiazole rings is 1. The number of aromatic nitrogens is 1. The molecule has 1 unspecified atom stereocenters. The second-order valence-electron chi connectivity index (χ2n) is 5.14. The monoisotopic (exact) mass is 366 g/mol. The highest BCUT2D eigenvalue weighted by molar-refractivity contribution is 8.00. The Kier molecular flexibility index (Phi) is 6.58. The largest absolute Gasteiger partial charge is 0.434 e. The first-order valence-electron chi connectivity index (χ1n) is 7.60. The summed E-state index contributed by atoms with van der Waals surface area (Å²) in [6.07, 6.45) is -3.29. The molecule has 2 rings (SSSR count). The van der Waals surface area contributed by atoms with E-state index in [1.165, 1.54) is 0 Å². The molecule has 1 N–H and O–H groups in total. The van der Waals surface area contributed by atoms with Gasteiger partial charge in [-0.05, 0) is 13.3 Å². The van der Waals surface area contributed by atoms with Crippen LogP contribution in [0.1, 0.15) is 31.0 Å². The van der Waals surface area contributed by atoms with E-state index in [1.807, 2.05) is 18.7 Å². The number of guanidine groups is 1. The van der Waals surface area contributed by atoms with E-state index in [4.69, 9.17) is 0 Å². The van der Waals surface area contributed by atoms with Crippen LogP contribution in [0.2, 0.25) is 0 Å². The summed E-state index contributed by atoms with van der Waals surface area (Å²) in [5.74, 6) is 1.80. The molecule has 2 heterocycles. The quantitative estimate of drug-likeness (QED) is 0.654. The number of nitrogens with one attached hydrogen (secondary N) is 1. The maximum Gasteiger partial charge on any atom is 0.434 e. The number of nitrogens with zero attached hydrogens (tertiary/aromatic N) is 3. The molecule has 1 saturated heterocycles. The van der Waals surface area contributed by atoms with Gasteiger partial charge in [-0.1, -0.05) is 6.92 Å². The normalized spacial score (nSPS) is 20.0. The lowest BCUT2D eigenvalue weighted by molar-refractivity contribution is -0.140. The van der Waals surface area contributed by atoms with Crippen LogP contribution < -0.4 is 5.32 Å². The van der Waals surface area contributed by atoms with Crippen molar-refractivity contribution in [2.45, 2.75) is 38.2 Å². The van der Waals surface area contributed by atoms with Crippen molar-refractivity contribution in [1.29, 1.82) is 0 Å². The Labute approximate surface area is 142 Å². The summed E-state index contributed by atoms with van der Waals surface area (Å²) in [5, 5.41) is 5.22. The van der Waals surface area contributed by atoms with E-state index in [0.717, 1.165) is 54.5 Å². The first-order chi connectivity index (χ1) is 10.9. The lowest BCUT2D eigenvalue weighted by atomic mass is 10.3. The number of thioether (sulfide) groups is 1. The lowest BCUT2D eigenvalue weighted by Gasteiger charge is -2.34. The summed E-state index contributed by atoms with van der Waals surface area (Å²) in [6.45, 7) is 6.86. The molecule has 23 heavy (non-hydrogen) atoms. The molecule has 1 fully saturated rings. The predicted molar refractivity (Wildman–Crippen MR) is 90.0 cm³/mol. The third-order valence-corrected chi connectivity index (χ3v) is 5.64. The molecule has 0 aromatic carbocycles. The number of aliphatic imine (C=N–C) groups is 1. The van der Waals surface area contributed by atoms with E-state index < -0.39 is 11.9 Å². The number of halogens is 3. The van der Waals surface area contributed by atoms with Crippen LogP contribution in [-0.4, -0.2) is 46.5 Å². The fourth-order valence-electron chi connectivity index (χ4n) is 2.24. The van der Waals surface area contributed by atoms with Crippen molar-refractivity contribution >= 4 is 29.1 Å². The third-order valence-electron chi connectivity index (χ3n) is 3.43. The summed E-state index contributed by atoms with van der Waals surface area (Å²) in [6, 6.07) is 0. The number of rotatable bonds is 4. The second kappa shape index (κ2) is 8.23. The van der Waals surface area contributed by atoms with Crippen LogP contribution in [-0.2, 0) is 12.7 Å². The average molecular weight is 366 g/mol. The molecule has 0 amide bonds. The van der Waals surface area contributed by atoms with Gasteiger partial charge < -0.3 is 10.2 Å². The molecule has 0 radical (unpaired) electrons. The van der Waals surface area contributed by atoms with Gasteiger partial charge in [-0.3, -0.25) is 0 Å². The van der Waals surface area contributed by atoms with Crippen LogP contribution in [0.25, 0.3) is 0 Å². The van der Waals surface area contributed by atoms with E-state index in [2.05, 4.69) is 27.1 Å². The summed E-state index contributed by atoms with van der Waals surface area (Å²) in [5.41, 5.74) is -0.835. The summed E-state index contributed by atoms with van der Waals surface area (Å²) in [7, 11) is 0. The van der Waals surface area contributed by atoms with Gasteiger partial charge >= 0.3 is 6.18 Å². The molecule has 0 aliphatic carbocycles. The highest BCUT2D eigenvalue weighted by atomic mass is 32.2. The molecule has 1 aromatic heterocycles. The van der Waals surface area contributed by atoms with Gasteiger partial charge in [0.25, 0.3) is 0 Å². The first-order valence-corrected chi connectivity index (χ1v) is 9.53. The van der Waals surface area contributed by atoms with Crippen LogP contribution in [0.15, 0.2) is 10.4 Å². The van der Waals surface area contributed by atoms with Gasteiger partial charge in [0.05, 0.1) is 6.54 Å². The van der Waals surface area contributed by atoms with Gasteiger partial charge in [0, 0.05) is 36.0 Å². The van der Waals surface area contributed by atoms with Gasteiger partial charge in [0.1, 0.15) is 5.01 Å². The standard InChI is InChI=1S/C14H21F3N4S2/c1-3-10-8-21(5-6-22-10)13(18-4-2)19-7-12-20-11(9-23-12)14(15,16)17/h9-10H,3-8H2,1-2H3,(H,18,19). The molecule has 1 aromatic rings. The van der Waals surface area contributed by atoms with Gasteiger partial charge in [0.15, 0.2) is 11.7 Å². The van der Waals surface area contributed by atoms with Gasteiger partial charge in [-0.15, -0.1) is 11.3 Å². The number of alkyl halides is 3. The molecule has 0 spiro atoms. The Hall–Kier alpha value is -0.960. The summed E-state index contributed by atoms with van der Waals surface area (Å²) < 4.78 is 37.7. The van der Waals surface area contributed by atoms with Crippen LogP contribution in [0.5, 0.6) is 0 Å². The van der Waals surface area contributed by atoms with E-state index in [1.54, 1.807) is 0 Å². The molecule has 9 heteroatoms. The zero-order chi connectivity index (χ0) is 16.9. The summed E-state index contributed by atoms with van der Waals surface area (Å²) >= 11 is 2.96. The van der Waals surface area contributed by atoms with Crippen molar-refractivity contribution in [3.63, 3.8) is 0 Å². The maximum atomic E-state index is 12.6. The zero-order valence-corrected chi connectivity index (χ0v) is 14.8. The fraction of sp³-hybridized carbons (Fsp3) is 0.714. The molecular formula is C14H21F3N4S2. The van der Waals surface area contributed by atoms with Crippen LogP contribution in [0.3, 0.4) is 0 Å². The highest BCUT2D eigenvalue weighted by Gasteiger charge is 2.33. The van der Waals surface area contributed by atoms with E-state index in [0.29, 0.717) is 10.3 Å². The van der Waals surface area contributed by atoms with E-state index in [-0.39, 0.29) is 6.54 Å². The van der Waals surface area contributed by atoms with Crippen LogP contribution in [0, 0.1) is 0 Å². The molecule has 0 bridgehead atoms. The maximum absolute atomic E-state index is 12.6. The van der Waals surface area contributed by atoms with E-state index in [9.17, 15) is 13.2 Å². The molecule has 1 atom stereocenters. The van der Waals surface area contributed by atoms with Gasteiger partial charge in [-0.2, -0.15) is 24.9 Å². The molecular weight excluding hydrogens is 345 g/mol. The minimum atomic E-state index is -4.39. The van der Waals surface area contributed by atoms with Crippen molar-refractivity contribution in [3.8, 4) is 0 Å². The van der Waals surface area contributed by atoms with Crippen molar-refractivity contribution in [1.82, 2.24) is 15.2 Å². The highest BCUT2D eigenvalue weighted by Crippen LogP contribution is 2.30. The van der Waals surface area contributed by atoms with Crippen molar-refractivity contribution in [2.24, 2.45) is 4.99 Å². The van der Waals surface area contributed by atoms with E-state index >= 15 is 0 Å². The van der Waals surface area contributed by atoms with Crippen molar-refractivity contribution < 1.29 is 13.2 Å². The van der Waals surface area contributed by atoms with Crippen LogP contribution in [0.4, 0.5) is 13.2 Å². The molecule has 130 valence electrons. The molecule has 1 aliphatic rings. The first kappa shape index (κ1) is 18.4. The topological polar surface area (TPSA) is 40.5 Å². The van der Waals surface area contributed by atoms with Gasteiger partial charge in [-0.25, -0.2) is 9.98 Å².